The fourth-order valence-electron chi connectivity index (χ4n) is 1.99. The fraction of sp³-hybridized carbons (Fsp3) is 0.214. The van der Waals surface area contributed by atoms with Crippen LogP contribution in [-0.4, -0.2) is 6.54 Å². The number of benzene rings is 1. The summed E-state index contributed by atoms with van der Waals surface area (Å²) in [5, 5.41) is 15.5. The highest BCUT2D eigenvalue weighted by molar-refractivity contribution is 7.10. The molecule has 2 aromatic rings. The molecule has 0 saturated carbocycles. The van der Waals surface area contributed by atoms with E-state index in [2.05, 4.69) is 11.4 Å². The van der Waals surface area contributed by atoms with Gasteiger partial charge in [0, 0.05) is 15.5 Å². The molecule has 0 spiro atoms. The molecule has 1 aromatic carbocycles. The third kappa shape index (κ3) is 2.15. The summed E-state index contributed by atoms with van der Waals surface area (Å²) in [6.45, 7) is 2.67. The molecule has 0 aliphatic rings. The number of hydrogen-bond donors (Lipinski definition) is 1. The van der Waals surface area contributed by atoms with Crippen molar-refractivity contribution in [2.75, 3.05) is 6.54 Å². The summed E-state index contributed by atoms with van der Waals surface area (Å²) in [4.78, 5) is 0.958. The minimum atomic E-state index is -0.860. The molecule has 1 unspecified atom stereocenters. The minimum absolute atomic E-state index is 0.605. The third-order valence-electron chi connectivity index (χ3n) is 2.78. The van der Waals surface area contributed by atoms with E-state index in [1.54, 1.807) is 11.3 Å². The number of nitriles is 1. The van der Waals surface area contributed by atoms with Gasteiger partial charge < -0.3 is 0 Å². The molecule has 0 radical (unpaired) electrons. The largest absolute Gasteiger partial charge is 0.291 e. The number of nitrogens with one attached hydrogen (secondary N) is 1. The predicted molar refractivity (Wildman–Crippen MR) is 75.8 cm³/mol. The second-order valence-electron chi connectivity index (χ2n) is 3.85. The Hall–Kier alpha value is -1.34. The van der Waals surface area contributed by atoms with E-state index < -0.39 is 5.54 Å². The lowest BCUT2D eigenvalue weighted by atomic mass is 9.89. The van der Waals surface area contributed by atoms with E-state index in [-0.39, 0.29) is 0 Å². The fourth-order valence-corrected chi connectivity index (χ4v) is 3.14. The van der Waals surface area contributed by atoms with Crippen LogP contribution in [0.1, 0.15) is 17.4 Å². The molecular weight excluding hydrogens is 264 g/mol. The van der Waals surface area contributed by atoms with E-state index in [0.717, 1.165) is 10.4 Å². The first-order chi connectivity index (χ1) is 8.74. The van der Waals surface area contributed by atoms with E-state index >= 15 is 0 Å². The number of hydrogen-bond acceptors (Lipinski definition) is 3. The molecule has 18 heavy (non-hydrogen) atoms. The Morgan fingerprint density at radius 2 is 2.11 bits per heavy atom. The highest BCUT2D eigenvalue weighted by atomic mass is 35.5. The SMILES string of the molecule is CCNC(C#N)(c1cccs1)c1ccccc1Cl. The van der Waals surface area contributed by atoms with Gasteiger partial charge in [0.05, 0.1) is 6.07 Å². The zero-order chi connectivity index (χ0) is 13.0. The second kappa shape index (κ2) is 5.53. The van der Waals surface area contributed by atoms with Crippen molar-refractivity contribution in [3.8, 4) is 6.07 Å². The standard InChI is InChI=1S/C14H13ClN2S/c1-2-17-14(10-16,13-8-5-9-18-13)11-6-3-4-7-12(11)15/h3-9,17H,2H2,1H3. The molecule has 0 bridgehead atoms. The quantitative estimate of drug-likeness (QED) is 0.922. The zero-order valence-electron chi connectivity index (χ0n) is 9.98. The first-order valence-corrected chi connectivity index (χ1v) is 6.95. The Morgan fingerprint density at radius 3 is 2.67 bits per heavy atom. The van der Waals surface area contributed by atoms with Crippen LogP contribution < -0.4 is 5.32 Å². The first kappa shape index (κ1) is 13.1. The molecule has 2 nitrogen and oxygen atoms in total. The molecule has 0 amide bonds. The van der Waals surface area contributed by atoms with Crippen molar-refractivity contribution in [2.24, 2.45) is 0 Å². The monoisotopic (exact) mass is 276 g/mol. The van der Waals surface area contributed by atoms with Gasteiger partial charge in [0.1, 0.15) is 0 Å². The van der Waals surface area contributed by atoms with Crippen molar-refractivity contribution in [1.29, 1.82) is 5.26 Å². The normalized spacial score (nSPS) is 13.8. The van der Waals surface area contributed by atoms with Gasteiger partial charge in [-0.2, -0.15) is 5.26 Å². The van der Waals surface area contributed by atoms with Crippen molar-refractivity contribution < 1.29 is 0 Å². The maximum absolute atomic E-state index is 9.69. The molecule has 1 aromatic heterocycles. The van der Waals surface area contributed by atoms with Gasteiger partial charge >= 0.3 is 0 Å². The lowest BCUT2D eigenvalue weighted by Crippen LogP contribution is -2.41. The Kier molecular flexibility index (Phi) is 4.03. The van der Waals surface area contributed by atoms with E-state index in [9.17, 15) is 5.26 Å². The molecular formula is C14H13ClN2S. The Morgan fingerprint density at radius 1 is 1.33 bits per heavy atom. The van der Waals surface area contributed by atoms with Crippen molar-refractivity contribution in [3.05, 3.63) is 57.2 Å². The molecule has 0 aliphatic heterocycles. The summed E-state index contributed by atoms with van der Waals surface area (Å²) < 4.78 is 0. The van der Waals surface area contributed by atoms with Crippen molar-refractivity contribution in [3.63, 3.8) is 0 Å². The molecule has 1 atom stereocenters. The third-order valence-corrected chi connectivity index (χ3v) is 4.10. The van der Waals surface area contributed by atoms with Crippen LogP contribution in [0.25, 0.3) is 0 Å². The summed E-state index contributed by atoms with van der Waals surface area (Å²) in [6.07, 6.45) is 0. The van der Waals surface area contributed by atoms with Crippen molar-refractivity contribution in [2.45, 2.75) is 12.5 Å². The van der Waals surface area contributed by atoms with Crippen LogP contribution in [0.3, 0.4) is 0 Å². The smallest absolute Gasteiger partial charge is 0.168 e. The molecule has 0 saturated heterocycles. The molecule has 2 rings (SSSR count). The maximum atomic E-state index is 9.69. The number of thiophene rings is 1. The van der Waals surface area contributed by atoms with Gasteiger partial charge in [0.15, 0.2) is 5.54 Å². The zero-order valence-corrected chi connectivity index (χ0v) is 11.6. The molecule has 0 aliphatic carbocycles. The first-order valence-electron chi connectivity index (χ1n) is 5.70. The summed E-state index contributed by atoms with van der Waals surface area (Å²) in [7, 11) is 0. The Labute approximate surface area is 116 Å². The summed E-state index contributed by atoms with van der Waals surface area (Å²) in [5.74, 6) is 0. The average molecular weight is 277 g/mol. The maximum Gasteiger partial charge on any atom is 0.168 e. The van der Waals surface area contributed by atoms with Gasteiger partial charge in [0.25, 0.3) is 0 Å². The van der Waals surface area contributed by atoms with E-state index in [0.29, 0.717) is 11.6 Å². The Balaban J connectivity index is 2.63. The van der Waals surface area contributed by atoms with Gasteiger partial charge in [0.2, 0.25) is 0 Å². The topological polar surface area (TPSA) is 35.8 Å². The van der Waals surface area contributed by atoms with E-state index in [1.165, 1.54) is 0 Å². The number of nitrogens with zero attached hydrogens (tertiary/aromatic N) is 1. The molecule has 92 valence electrons. The van der Waals surface area contributed by atoms with Crippen LogP contribution >= 0.6 is 22.9 Å². The van der Waals surface area contributed by atoms with Gasteiger partial charge in [-0.3, -0.25) is 5.32 Å². The van der Waals surface area contributed by atoms with Gasteiger partial charge in [-0.15, -0.1) is 11.3 Å². The molecule has 0 fully saturated rings. The van der Waals surface area contributed by atoms with E-state index in [4.69, 9.17) is 11.6 Å². The van der Waals surface area contributed by atoms with Crippen LogP contribution in [0.15, 0.2) is 41.8 Å². The van der Waals surface area contributed by atoms with Crippen LogP contribution in [0.4, 0.5) is 0 Å². The molecule has 1 heterocycles. The van der Waals surface area contributed by atoms with Gasteiger partial charge in [-0.25, -0.2) is 0 Å². The van der Waals surface area contributed by atoms with Crippen LogP contribution in [-0.2, 0) is 5.54 Å². The van der Waals surface area contributed by atoms with E-state index in [1.807, 2.05) is 48.7 Å². The highest BCUT2D eigenvalue weighted by Gasteiger charge is 2.36. The number of rotatable bonds is 4. The second-order valence-corrected chi connectivity index (χ2v) is 5.20. The Bertz CT molecular complexity index is 559. The highest BCUT2D eigenvalue weighted by Crippen LogP contribution is 2.36. The minimum Gasteiger partial charge on any atom is -0.291 e. The van der Waals surface area contributed by atoms with Crippen molar-refractivity contribution >= 4 is 22.9 Å². The van der Waals surface area contributed by atoms with Crippen LogP contribution in [0.5, 0.6) is 0 Å². The number of halogens is 1. The molecule has 4 heteroatoms. The lowest BCUT2D eigenvalue weighted by molar-refractivity contribution is 0.527. The van der Waals surface area contributed by atoms with Crippen molar-refractivity contribution in [1.82, 2.24) is 5.32 Å². The molecule has 1 N–H and O–H groups in total. The van der Waals surface area contributed by atoms with Gasteiger partial charge in [-0.05, 0) is 24.1 Å². The van der Waals surface area contributed by atoms with Crippen LogP contribution in [0.2, 0.25) is 5.02 Å². The summed E-state index contributed by atoms with van der Waals surface area (Å²) in [5.41, 5.74) is -0.0557. The predicted octanol–water partition coefficient (Wildman–Crippen LogP) is 3.78. The van der Waals surface area contributed by atoms with Crippen LogP contribution in [0, 0.1) is 11.3 Å². The summed E-state index contributed by atoms with van der Waals surface area (Å²) >= 11 is 7.81. The summed E-state index contributed by atoms with van der Waals surface area (Å²) in [6, 6.07) is 13.8. The van der Waals surface area contributed by atoms with Gasteiger partial charge in [-0.1, -0.05) is 42.8 Å². The average Bonchev–Trinajstić information content (AvgIpc) is 2.91. The lowest BCUT2D eigenvalue weighted by Gasteiger charge is -2.27.